The predicted molar refractivity (Wildman–Crippen MR) is 74.7 cm³/mol. The molecule has 2 aromatic rings. The number of rotatable bonds is 1. The molecule has 3 unspecified atom stereocenters. The minimum absolute atomic E-state index is 0.00977. The molecule has 100 valence electrons. The van der Waals surface area contributed by atoms with Crippen LogP contribution in [-0.4, -0.2) is 5.78 Å². The molecule has 0 aliphatic heterocycles. The summed E-state index contributed by atoms with van der Waals surface area (Å²) in [7, 11) is 0. The van der Waals surface area contributed by atoms with E-state index in [-0.39, 0.29) is 11.7 Å². The van der Waals surface area contributed by atoms with Crippen LogP contribution >= 0.6 is 0 Å². The number of carbonyl (C=O) groups excluding carboxylic acids is 1. The molecular formula is C18H15O2-. The van der Waals surface area contributed by atoms with Crippen LogP contribution in [0.4, 0.5) is 0 Å². The van der Waals surface area contributed by atoms with E-state index in [0.717, 1.165) is 16.7 Å². The van der Waals surface area contributed by atoms with Gasteiger partial charge in [-0.1, -0.05) is 66.6 Å². The van der Waals surface area contributed by atoms with Crippen LogP contribution in [0.3, 0.4) is 0 Å². The Balaban J connectivity index is 1.94. The largest absolute Gasteiger partial charge is 0.845 e. The Morgan fingerprint density at radius 2 is 1.60 bits per heavy atom. The van der Waals surface area contributed by atoms with E-state index in [0.29, 0.717) is 5.56 Å². The van der Waals surface area contributed by atoms with Crippen molar-refractivity contribution in [3.05, 3.63) is 70.8 Å². The molecule has 0 aromatic heterocycles. The normalized spacial score (nSPS) is 33.8. The lowest BCUT2D eigenvalue weighted by atomic mass is 9.45. The van der Waals surface area contributed by atoms with Crippen molar-refractivity contribution < 1.29 is 9.90 Å². The van der Waals surface area contributed by atoms with Crippen LogP contribution in [0.5, 0.6) is 0 Å². The van der Waals surface area contributed by atoms with Gasteiger partial charge in [-0.25, -0.2) is 0 Å². The van der Waals surface area contributed by atoms with E-state index in [4.69, 9.17) is 0 Å². The minimum Gasteiger partial charge on any atom is -0.845 e. The van der Waals surface area contributed by atoms with E-state index in [9.17, 15) is 9.90 Å². The summed E-state index contributed by atoms with van der Waals surface area (Å²) in [4.78, 5) is 12.6. The fraction of sp³-hybridized carbons (Fsp3) is 0.278. The lowest BCUT2D eigenvalue weighted by Gasteiger charge is -2.67. The maximum absolute atomic E-state index is 13.6. The summed E-state index contributed by atoms with van der Waals surface area (Å²) in [5.41, 5.74) is 1.22. The van der Waals surface area contributed by atoms with Gasteiger partial charge in [0.15, 0.2) is 5.78 Å². The smallest absolute Gasteiger partial charge is 0.172 e. The second kappa shape index (κ2) is 3.39. The zero-order chi connectivity index (χ0) is 14.1. The van der Waals surface area contributed by atoms with Crippen LogP contribution in [0, 0.1) is 0 Å². The number of hydrogen-bond acceptors (Lipinski definition) is 2. The summed E-state index contributed by atoms with van der Waals surface area (Å²) >= 11 is 0. The first kappa shape index (κ1) is 11.9. The Labute approximate surface area is 118 Å². The molecule has 2 aliphatic rings. The summed E-state index contributed by atoms with van der Waals surface area (Å²) < 4.78 is 0. The van der Waals surface area contributed by atoms with Crippen LogP contribution in [-0.2, 0) is 11.0 Å². The van der Waals surface area contributed by atoms with Crippen molar-refractivity contribution in [1.82, 2.24) is 0 Å². The fourth-order valence-electron chi connectivity index (χ4n) is 4.10. The molecule has 0 N–H and O–H groups in total. The zero-order valence-electron chi connectivity index (χ0n) is 11.5. The van der Waals surface area contributed by atoms with Crippen LogP contribution < -0.4 is 5.11 Å². The molecule has 2 heteroatoms. The van der Waals surface area contributed by atoms with Gasteiger partial charge in [-0.2, -0.15) is 0 Å². The number of hydrogen-bond donors (Lipinski definition) is 0. The van der Waals surface area contributed by atoms with Crippen molar-refractivity contribution >= 4 is 5.78 Å². The highest BCUT2D eigenvalue weighted by Crippen LogP contribution is 2.61. The Bertz CT molecular complexity index is 749. The summed E-state index contributed by atoms with van der Waals surface area (Å²) in [6, 6.07) is 15.2. The quantitative estimate of drug-likeness (QED) is 0.793. The van der Waals surface area contributed by atoms with Gasteiger partial charge in [-0.3, -0.25) is 4.79 Å². The van der Waals surface area contributed by atoms with Crippen molar-refractivity contribution in [3.63, 3.8) is 0 Å². The van der Waals surface area contributed by atoms with Crippen molar-refractivity contribution in [1.29, 1.82) is 0 Å². The zero-order valence-corrected chi connectivity index (χ0v) is 11.5. The number of benzene rings is 2. The minimum atomic E-state index is -1.34. The highest BCUT2D eigenvalue weighted by atomic mass is 16.3. The van der Waals surface area contributed by atoms with Crippen LogP contribution in [0.2, 0.25) is 0 Å². The SMILES string of the molecule is CC1c2ccccc2C1([O-])C1(C)C(=O)c2ccccc21. The Kier molecular flexibility index (Phi) is 2.01. The number of fused-ring (bicyclic) bond motifs is 2. The van der Waals surface area contributed by atoms with Crippen molar-refractivity contribution in [2.24, 2.45) is 0 Å². The summed E-state index contributed by atoms with van der Waals surface area (Å²) in [6.07, 6.45) is 0. The standard InChI is InChI=1S/C18H15O2/c1-11-12-7-3-6-10-15(12)18(11,20)17(2)14-9-5-4-8-13(14)16(17)19/h3-11H,1-2H3/q-1. The van der Waals surface area contributed by atoms with Crippen molar-refractivity contribution in [2.75, 3.05) is 0 Å². The van der Waals surface area contributed by atoms with E-state index in [1.807, 2.05) is 62.4 Å². The molecule has 0 amide bonds. The molecular weight excluding hydrogens is 248 g/mol. The van der Waals surface area contributed by atoms with E-state index in [1.54, 1.807) is 0 Å². The molecule has 3 atom stereocenters. The van der Waals surface area contributed by atoms with Gasteiger partial charge in [-0.15, -0.1) is 0 Å². The molecule has 0 saturated heterocycles. The monoisotopic (exact) mass is 263 g/mol. The first-order valence-corrected chi connectivity index (χ1v) is 6.97. The van der Waals surface area contributed by atoms with Crippen molar-refractivity contribution in [3.8, 4) is 0 Å². The average Bonchev–Trinajstić information content (AvgIpc) is 2.52. The lowest BCUT2D eigenvalue weighted by molar-refractivity contribution is -0.518. The highest BCUT2D eigenvalue weighted by Gasteiger charge is 2.61. The molecule has 0 bridgehead atoms. The topological polar surface area (TPSA) is 40.1 Å². The van der Waals surface area contributed by atoms with Gasteiger partial charge < -0.3 is 5.11 Å². The van der Waals surface area contributed by atoms with Crippen LogP contribution in [0.25, 0.3) is 0 Å². The first-order chi connectivity index (χ1) is 9.53. The highest BCUT2D eigenvalue weighted by molar-refractivity contribution is 6.14. The van der Waals surface area contributed by atoms with E-state index in [2.05, 4.69) is 0 Å². The molecule has 4 rings (SSSR count). The second-order valence-corrected chi connectivity index (χ2v) is 6.04. The summed E-state index contributed by atoms with van der Waals surface area (Å²) in [5.74, 6) is -0.148. The molecule has 2 aliphatic carbocycles. The van der Waals surface area contributed by atoms with Crippen LogP contribution in [0.15, 0.2) is 48.5 Å². The average molecular weight is 263 g/mol. The van der Waals surface area contributed by atoms with Gasteiger partial charge in [0, 0.05) is 5.56 Å². The van der Waals surface area contributed by atoms with Gasteiger partial charge >= 0.3 is 0 Å². The van der Waals surface area contributed by atoms with Gasteiger partial charge in [0.1, 0.15) is 0 Å². The van der Waals surface area contributed by atoms with E-state index in [1.165, 1.54) is 0 Å². The number of Topliss-reactive ketones (excluding diaryl/α,β-unsaturated/α-hetero) is 1. The number of ketones is 1. The predicted octanol–water partition coefficient (Wildman–Crippen LogP) is 2.51. The molecule has 20 heavy (non-hydrogen) atoms. The fourth-order valence-corrected chi connectivity index (χ4v) is 4.10. The molecule has 0 radical (unpaired) electrons. The van der Waals surface area contributed by atoms with E-state index >= 15 is 0 Å². The number of carbonyl (C=O) groups is 1. The molecule has 0 fully saturated rings. The summed E-state index contributed by atoms with van der Waals surface area (Å²) in [5, 5.41) is 13.6. The molecule has 0 heterocycles. The Morgan fingerprint density at radius 3 is 2.35 bits per heavy atom. The van der Waals surface area contributed by atoms with Gasteiger partial charge in [0.2, 0.25) is 0 Å². The summed E-state index contributed by atoms with van der Waals surface area (Å²) in [6.45, 7) is 3.76. The maximum Gasteiger partial charge on any atom is 0.172 e. The molecule has 2 aromatic carbocycles. The maximum atomic E-state index is 13.6. The van der Waals surface area contributed by atoms with E-state index < -0.39 is 11.0 Å². The molecule has 2 nitrogen and oxygen atoms in total. The molecule has 0 saturated carbocycles. The Hall–Kier alpha value is -1.93. The molecule has 0 spiro atoms. The van der Waals surface area contributed by atoms with Gasteiger partial charge in [-0.05, 0) is 24.0 Å². The second-order valence-electron chi connectivity index (χ2n) is 6.04. The van der Waals surface area contributed by atoms with Gasteiger partial charge in [0.25, 0.3) is 0 Å². The third-order valence-corrected chi connectivity index (χ3v) is 5.34. The van der Waals surface area contributed by atoms with Crippen LogP contribution in [0.1, 0.15) is 46.8 Å². The Morgan fingerprint density at radius 1 is 1.00 bits per heavy atom. The van der Waals surface area contributed by atoms with Gasteiger partial charge in [0.05, 0.1) is 5.41 Å². The van der Waals surface area contributed by atoms with Crippen molar-refractivity contribution in [2.45, 2.75) is 30.8 Å². The first-order valence-electron chi connectivity index (χ1n) is 6.97. The third kappa shape index (κ3) is 0.979. The third-order valence-electron chi connectivity index (χ3n) is 5.34. The lowest BCUT2D eigenvalue weighted by Crippen LogP contribution is -2.71.